The largest absolute Gasteiger partial charge is 0.494 e. The Bertz CT molecular complexity index is 610. The number of carbonyl (C=O) groups is 1. The molecule has 21 heavy (non-hydrogen) atoms. The first-order chi connectivity index (χ1) is 10.1. The van der Waals surface area contributed by atoms with Gasteiger partial charge in [-0.25, -0.2) is 0 Å². The van der Waals surface area contributed by atoms with Crippen LogP contribution in [0.4, 0.5) is 0 Å². The Morgan fingerprint density at radius 3 is 2.43 bits per heavy atom. The molecule has 0 spiro atoms. The van der Waals surface area contributed by atoms with Crippen LogP contribution in [0.1, 0.15) is 22.8 Å². The molecule has 0 saturated carbocycles. The van der Waals surface area contributed by atoms with Gasteiger partial charge in [-0.1, -0.05) is 29.8 Å². The molecule has 0 N–H and O–H groups in total. The van der Waals surface area contributed by atoms with Crippen LogP contribution >= 0.6 is 11.6 Å². The van der Waals surface area contributed by atoms with Gasteiger partial charge in [0.2, 0.25) is 0 Å². The fourth-order valence-corrected chi connectivity index (χ4v) is 2.23. The maximum absolute atomic E-state index is 12.4. The molecule has 2 rings (SSSR count). The molecular weight excluding hydrogens is 286 g/mol. The van der Waals surface area contributed by atoms with Gasteiger partial charge in [0.05, 0.1) is 6.61 Å². The smallest absolute Gasteiger partial charge is 0.253 e. The molecule has 3 nitrogen and oxygen atoms in total. The number of hydrogen-bond acceptors (Lipinski definition) is 2. The van der Waals surface area contributed by atoms with Gasteiger partial charge in [-0.15, -0.1) is 0 Å². The third-order valence-electron chi connectivity index (χ3n) is 3.12. The molecule has 0 bridgehead atoms. The summed E-state index contributed by atoms with van der Waals surface area (Å²) in [5.41, 5.74) is 1.56. The molecule has 0 atom stereocenters. The third kappa shape index (κ3) is 3.99. The summed E-state index contributed by atoms with van der Waals surface area (Å²) >= 11 is 6.12. The zero-order chi connectivity index (χ0) is 15.2. The van der Waals surface area contributed by atoms with Crippen molar-refractivity contribution in [2.45, 2.75) is 13.5 Å². The van der Waals surface area contributed by atoms with Crippen LogP contribution in [0.3, 0.4) is 0 Å². The number of hydrogen-bond donors (Lipinski definition) is 0. The Balaban J connectivity index is 2.07. The van der Waals surface area contributed by atoms with E-state index in [9.17, 15) is 4.79 Å². The Morgan fingerprint density at radius 2 is 1.81 bits per heavy atom. The van der Waals surface area contributed by atoms with E-state index in [0.717, 1.165) is 11.3 Å². The van der Waals surface area contributed by atoms with E-state index in [0.29, 0.717) is 23.7 Å². The van der Waals surface area contributed by atoms with Crippen LogP contribution in [-0.4, -0.2) is 24.5 Å². The molecule has 0 aromatic heterocycles. The van der Waals surface area contributed by atoms with Crippen LogP contribution in [0.15, 0.2) is 48.5 Å². The van der Waals surface area contributed by atoms with Gasteiger partial charge in [-0.05, 0) is 42.8 Å². The van der Waals surface area contributed by atoms with E-state index in [1.165, 1.54) is 0 Å². The van der Waals surface area contributed by atoms with E-state index in [-0.39, 0.29) is 5.91 Å². The minimum absolute atomic E-state index is 0.0435. The van der Waals surface area contributed by atoms with E-state index in [1.807, 2.05) is 31.2 Å². The van der Waals surface area contributed by atoms with Crippen molar-refractivity contribution in [1.29, 1.82) is 0 Å². The quantitative estimate of drug-likeness (QED) is 0.835. The van der Waals surface area contributed by atoms with Crippen molar-refractivity contribution >= 4 is 17.5 Å². The Morgan fingerprint density at radius 1 is 1.14 bits per heavy atom. The Kier molecular flexibility index (Phi) is 5.23. The van der Waals surface area contributed by atoms with Gasteiger partial charge < -0.3 is 9.64 Å². The zero-order valence-corrected chi connectivity index (χ0v) is 12.9. The maximum atomic E-state index is 12.4. The SMILES string of the molecule is CCOc1ccc(C(=O)N(C)Cc2ccccc2Cl)cc1. The summed E-state index contributed by atoms with van der Waals surface area (Å²) in [6.45, 7) is 3.02. The first kappa shape index (κ1) is 15.4. The minimum atomic E-state index is -0.0435. The molecular formula is C17H18ClNO2. The summed E-state index contributed by atoms with van der Waals surface area (Å²) in [5, 5.41) is 0.670. The summed E-state index contributed by atoms with van der Waals surface area (Å²) < 4.78 is 5.37. The van der Waals surface area contributed by atoms with Crippen LogP contribution in [0.25, 0.3) is 0 Å². The summed E-state index contributed by atoms with van der Waals surface area (Å²) in [7, 11) is 1.77. The zero-order valence-electron chi connectivity index (χ0n) is 12.2. The maximum Gasteiger partial charge on any atom is 0.253 e. The van der Waals surface area contributed by atoms with E-state index in [2.05, 4.69) is 0 Å². The molecule has 0 heterocycles. The molecule has 1 amide bonds. The number of rotatable bonds is 5. The van der Waals surface area contributed by atoms with Crippen molar-refractivity contribution in [3.8, 4) is 5.75 Å². The summed E-state index contributed by atoms with van der Waals surface area (Å²) in [6, 6.07) is 14.7. The summed E-state index contributed by atoms with van der Waals surface area (Å²) in [6.07, 6.45) is 0. The number of benzene rings is 2. The highest BCUT2D eigenvalue weighted by molar-refractivity contribution is 6.31. The predicted octanol–water partition coefficient (Wildman–Crippen LogP) is 4.01. The number of amides is 1. The van der Waals surface area contributed by atoms with Crippen molar-refractivity contribution in [3.63, 3.8) is 0 Å². The fourth-order valence-electron chi connectivity index (χ4n) is 2.03. The lowest BCUT2D eigenvalue weighted by molar-refractivity contribution is 0.0785. The number of nitrogens with zero attached hydrogens (tertiary/aromatic N) is 1. The predicted molar refractivity (Wildman–Crippen MR) is 84.9 cm³/mol. The molecule has 0 radical (unpaired) electrons. The second kappa shape index (κ2) is 7.14. The molecule has 0 aliphatic carbocycles. The second-order valence-corrected chi connectivity index (χ2v) is 5.12. The highest BCUT2D eigenvalue weighted by atomic mass is 35.5. The molecule has 2 aromatic carbocycles. The normalized spacial score (nSPS) is 10.2. The van der Waals surface area contributed by atoms with Crippen molar-refractivity contribution in [3.05, 3.63) is 64.7 Å². The van der Waals surface area contributed by atoms with Gasteiger partial charge in [0.25, 0.3) is 5.91 Å². The van der Waals surface area contributed by atoms with Gasteiger partial charge in [0, 0.05) is 24.2 Å². The molecule has 0 saturated heterocycles. The molecule has 0 fully saturated rings. The standard InChI is InChI=1S/C17H18ClNO2/c1-3-21-15-10-8-13(9-11-15)17(20)19(2)12-14-6-4-5-7-16(14)18/h4-11H,3,12H2,1-2H3. The van der Waals surface area contributed by atoms with Crippen LogP contribution in [-0.2, 0) is 6.54 Å². The number of ether oxygens (including phenoxy) is 1. The van der Waals surface area contributed by atoms with E-state index in [4.69, 9.17) is 16.3 Å². The van der Waals surface area contributed by atoms with E-state index < -0.39 is 0 Å². The molecule has 0 aliphatic rings. The fraction of sp³-hybridized carbons (Fsp3) is 0.235. The van der Waals surface area contributed by atoms with Gasteiger partial charge in [-0.2, -0.15) is 0 Å². The van der Waals surface area contributed by atoms with Crippen molar-refractivity contribution in [2.75, 3.05) is 13.7 Å². The van der Waals surface area contributed by atoms with E-state index in [1.54, 1.807) is 36.2 Å². The second-order valence-electron chi connectivity index (χ2n) is 4.71. The Hall–Kier alpha value is -2.00. The number of halogens is 1. The molecule has 2 aromatic rings. The summed E-state index contributed by atoms with van der Waals surface area (Å²) in [5.74, 6) is 0.723. The third-order valence-corrected chi connectivity index (χ3v) is 3.49. The van der Waals surface area contributed by atoms with Crippen molar-refractivity contribution < 1.29 is 9.53 Å². The lowest BCUT2D eigenvalue weighted by atomic mass is 10.1. The van der Waals surface area contributed by atoms with Gasteiger partial charge in [-0.3, -0.25) is 4.79 Å². The van der Waals surface area contributed by atoms with Crippen LogP contribution in [0, 0.1) is 0 Å². The number of carbonyl (C=O) groups excluding carboxylic acids is 1. The van der Waals surface area contributed by atoms with Crippen LogP contribution in [0.2, 0.25) is 5.02 Å². The lowest BCUT2D eigenvalue weighted by Gasteiger charge is -2.18. The molecule has 0 aliphatic heterocycles. The average Bonchev–Trinajstić information content (AvgIpc) is 2.50. The van der Waals surface area contributed by atoms with Crippen LogP contribution < -0.4 is 4.74 Å². The van der Waals surface area contributed by atoms with Gasteiger partial charge in [0.15, 0.2) is 0 Å². The first-order valence-electron chi connectivity index (χ1n) is 6.83. The van der Waals surface area contributed by atoms with Gasteiger partial charge in [0.1, 0.15) is 5.75 Å². The monoisotopic (exact) mass is 303 g/mol. The highest BCUT2D eigenvalue weighted by Gasteiger charge is 2.13. The lowest BCUT2D eigenvalue weighted by Crippen LogP contribution is -2.26. The van der Waals surface area contributed by atoms with Crippen molar-refractivity contribution in [2.24, 2.45) is 0 Å². The minimum Gasteiger partial charge on any atom is -0.494 e. The Labute approximate surface area is 130 Å². The highest BCUT2D eigenvalue weighted by Crippen LogP contribution is 2.18. The first-order valence-corrected chi connectivity index (χ1v) is 7.21. The molecule has 0 unspecified atom stereocenters. The summed E-state index contributed by atoms with van der Waals surface area (Å²) in [4.78, 5) is 14.0. The van der Waals surface area contributed by atoms with Crippen molar-refractivity contribution in [1.82, 2.24) is 4.90 Å². The topological polar surface area (TPSA) is 29.5 Å². The van der Waals surface area contributed by atoms with Crippen LogP contribution in [0.5, 0.6) is 5.75 Å². The average molecular weight is 304 g/mol. The molecule has 4 heteroatoms. The molecule has 110 valence electrons. The van der Waals surface area contributed by atoms with Gasteiger partial charge >= 0.3 is 0 Å². The van der Waals surface area contributed by atoms with E-state index >= 15 is 0 Å².